The summed E-state index contributed by atoms with van der Waals surface area (Å²) in [6.45, 7) is 5.43. The van der Waals surface area contributed by atoms with Crippen molar-refractivity contribution in [2.45, 2.75) is 45.2 Å². The summed E-state index contributed by atoms with van der Waals surface area (Å²) in [5, 5.41) is 0. The molecule has 0 aliphatic carbocycles. The van der Waals surface area contributed by atoms with Crippen molar-refractivity contribution in [1.29, 1.82) is 0 Å². The lowest BCUT2D eigenvalue weighted by atomic mass is 10.2. The first kappa shape index (κ1) is 50.0. The van der Waals surface area contributed by atoms with E-state index in [0.717, 1.165) is 36.5 Å². The molecule has 20 heteroatoms. The lowest BCUT2D eigenvalue weighted by Crippen LogP contribution is -2.05. The molecular weight excluding hydrogens is 917 g/mol. The Kier molecular flexibility index (Phi) is 16.1. The summed E-state index contributed by atoms with van der Waals surface area (Å²) in [6.07, 6.45) is 3.37. The second-order valence-electron chi connectivity index (χ2n) is 13.8. The normalized spacial score (nSPS) is 11.9. The molecule has 0 fully saturated rings. The number of benzene rings is 6. The van der Waals surface area contributed by atoms with Crippen molar-refractivity contribution >= 4 is 49.7 Å². The molecule has 6 aromatic rings. The minimum Gasteiger partial charge on any atom is -0.457 e. The molecule has 6 rings (SSSR count). The Morgan fingerprint density at radius 1 is 0.381 bits per heavy atom. The molecule has 336 valence electrons. The van der Waals surface area contributed by atoms with Crippen LogP contribution >= 0.6 is 0 Å². The summed E-state index contributed by atoms with van der Waals surface area (Å²) in [7, 11) is -17.1. The third-order valence-electron chi connectivity index (χ3n) is 8.43. The quantitative estimate of drug-likeness (QED) is 0.0901. The Morgan fingerprint density at radius 2 is 0.667 bits per heavy atom. The van der Waals surface area contributed by atoms with Crippen LogP contribution in [0.4, 0.5) is 0 Å². The predicted molar refractivity (Wildman–Crippen MR) is 236 cm³/mol. The molecule has 1 N–H and O–H groups in total. The van der Waals surface area contributed by atoms with E-state index in [1.54, 1.807) is 50.2 Å². The molecule has 0 spiro atoms. The van der Waals surface area contributed by atoms with Crippen LogP contribution in [0.1, 0.15) is 16.7 Å². The van der Waals surface area contributed by atoms with E-state index in [1.165, 1.54) is 79.1 Å². The van der Waals surface area contributed by atoms with Gasteiger partial charge in [-0.25, -0.2) is 25.3 Å². The summed E-state index contributed by atoms with van der Waals surface area (Å²) < 4.78 is 145. The van der Waals surface area contributed by atoms with Crippen molar-refractivity contribution < 1.29 is 65.0 Å². The molecule has 0 amide bonds. The second-order valence-corrected chi connectivity index (χ2v) is 23.0. The van der Waals surface area contributed by atoms with Crippen LogP contribution in [0.2, 0.25) is 0 Å². The maximum Gasteiger partial charge on any atom is 0.300 e. The summed E-state index contributed by atoms with van der Waals surface area (Å²) in [5.41, 5.74) is 2.54. The predicted octanol–water partition coefficient (Wildman–Crippen LogP) is 8.15. The summed E-state index contributed by atoms with van der Waals surface area (Å²) in [5.74, 6) is 1.97. The first-order chi connectivity index (χ1) is 29.2. The van der Waals surface area contributed by atoms with E-state index in [2.05, 4.69) is 4.18 Å². The zero-order chi connectivity index (χ0) is 47.0. The van der Waals surface area contributed by atoms with E-state index in [1.807, 2.05) is 31.2 Å². The van der Waals surface area contributed by atoms with E-state index >= 15 is 0 Å². The van der Waals surface area contributed by atoms with Crippen LogP contribution in [0.5, 0.6) is 34.5 Å². The van der Waals surface area contributed by atoms with Crippen LogP contribution in [0.3, 0.4) is 0 Å². The first-order valence-electron chi connectivity index (χ1n) is 18.2. The lowest BCUT2D eigenvalue weighted by molar-refractivity contribution is 0.391. The van der Waals surface area contributed by atoms with Gasteiger partial charge in [0.15, 0.2) is 29.5 Å². The van der Waals surface area contributed by atoms with Gasteiger partial charge in [-0.1, -0.05) is 29.8 Å². The largest absolute Gasteiger partial charge is 0.457 e. The topological polar surface area (TPSA) is 228 Å². The average Bonchev–Trinajstić information content (AvgIpc) is 3.20. The summed E-state index contributed by atoms with van der Waals surface area (Å²) >= 11 is 0. The van der Waals surface area contributed by atoms with E-state index in [9.17, 15) is 46.6 Å². The van der Waals surface area contributed by atoms with Crippen LogP contribution in [0, 0.1) is 20.8 Å². The van der Waals surface area contributed by atoms with Crippen molar-refractivity contribution in [2.75, 3.05) is 25.9 Å². The lowest BCUT2D eigenvalue weighted by Gasteiger charge is -2.12. The molecule has 6 aromatic carbocycles. The van der Waals surface area contributed by atoms with E-state index < -0.39 is 49.7 Å². The number of hydrogen-bond acceptors (Lipinski definition) is 14. The summed E-state index contributed by atoms with van der Waals surface area (Å²) in [6, 6.07) is 34.3. The van der Waals surface area contributed by atoms with E-state index in [0.29, 0.717) is 22.0 Å². The van der Waals surface area contributed by atoms with Gasteiger partial charge in [0.1, 0.15) is 44.3 Å². The van der Waals surface area contributed by atoms with Crippen molar-refractivity contribution in [2.24, 2.45) is 0 Å². The molecule has 0 saturated carbocycles. The molecule has 0 bridgehead atoms. The van der Waals surface area contributed by atoms with Gasteiger partial charge in [-0.3, -0.25) is 8.74 Å². The Morgan fingerprint density at radius 3 is 0.984 bits per heavy atom. The molecule has 0 atom stereocenters. The van der Waals surface area contributed by atoms with Crippen molar-refractivity contribution in [1.82, 2.24) is 0 Å². The van der Waals surface area contributed by atoms with Gasteiger partial charge in [-0.15, -0.1) is 0 Å². The average molecular weight is 961 g/mol. The fourth-order valence-corrected chi connectivity index (χ4v) is 8.60. The van der Waals surface area contributed by atoms with Crippen molar-refractivity contribution in [3.63, 3.8) is 0 Å². The molecule has 0 radical (unpaired) electrons. The van der Waals surface area contributed by atoms with Crippen LogP contribution in [0.15, 0.2) is 158 Å². The molecule has 0 unspecified atom stereocenters. The zero-order valence-corrected chi connectivity index (χ0v) is 39.0. The second kappa shape index (κ2) is 20.3. The highest BCUT2D eigenvalue weighted by Crippen LogP contribution is 2.32. The monoisotopic (exact) mass is 960 g/mol. The van der Waals surface area contributed by atoms with Gasteiger partial charge in [0.05, 0.1) is 21.8 Å². The maximum absolute atomic E-state index is 12.0. The molecule has 0 aliphatic rings. The highest BCUT2D eigenvalue weighted by Gasteiger charge is 2.21. The number of ether oxygens (including phenoxy) is 3. The number of rotatable bonds is 12. The van der Waals surface area contributed by atoms with Gasteiger partial charge in [-0.05, 0) is 141 Å². The SMILES string of the molecule is COS(=O)(=O)c1cc(C)ccc1Oc1ccc(S(C)(=O)=O)cc1.Cc1ccc(Oc2ccc(S(C)(=O)=O)cc2)c(S(=O)(=O)O)c1.Cc1ccc(Oc2ccc(S(C)(=O)=O)cc2)cc1. The number of hydrogen-bond donors (Lipinski definition) is 1. The van der Waals surface area contributed by atoms with Crippen LogP contribution in [-0.4, -0.2) is 72.5 Å². The molecular formula is C43H44O15S5. The number of sulfone groups is 3. The third-order valence-corrected chi connectivity index (χ3v) is 14.0. The molecule has 0 aromatic heterocycles. The molecule has 63 heavy (non-hydrogen) atoms. The molecule has 15 nitrogen and oxygen atoms in total. The smallest absolute Gasteiger partial charge is 0.300 e. The van der Waals surface area contributed by atoms with Crippen LogP contribution in [-0.2, 0) is 53.9 Å². The minimum absolute atomic E-state index is 0.0415. The fraction of sp³-hybridized carbons (Fsp3) is 0.163. The Balaban J connectivity index is 0.000000209. The van der Waals surface area contributed by atoms with Gasteiger partial charge < -0.3 is 14.2 Å². The third kappa shape index (κ3) is 15.0. The molecule has 0 heterocycles. The van der Waals surface area contributed by atoms with E-state index in [4.69, 9.17) is 14.2 Å². The van der Waals surface area contributed by atoms with Crippen molar-refractivity contribution in [3.8, 4) is 34.5 Å². The fourth-order valence-electron chi connectivity index (χ4n) is 5.15. The Hall–Kier alpha value is -5.61. The molecule has 0 aliphatic heterocycles. The first-order valence-corrected chi connectivity index (χ1v) is 26.7. The van der Waals surface area contributed by atoms with E-state index in [-0.39, 0.29) is 36.8 Å². The number of aryl methyl sites for hydroxylation is 3. The zero-order valence-electron chi connectivity index (χ0n) is 34.9. The maximum atomic E-state index is 12.0. The highest BCUT2D eigenvalue weighted by molar-refractivity contribution is 7.91. The molecule has 0 saturated heterocycles. The highest BCUT2D eigenvalue weighted by atomic mass is 32.2. The van der Waals surface area contributed by atoms with Gasteiger partial charge >= 0.3 is 0 Å². The van der Waals surface area contributed by atoms with Gasteiger partial charge in [0.25, 0.3) is 20.2 Å². The van der Waals surface area contributed by atoms with Gasteiger partial charge in [0.2, 0.25) is 0 Å². The van der Waals surface area contributed by atoms with Crippen molar-refractivity contribution in [3.05, 3.63) is 150 Å². The van der Waals surface area contributed by atoms with Gasteiger partial charge in [-0.2, -0.15) is 16.8 Å². The van der Waals surface area contributed by atoms with Crippen LogP contribution in [0.25, 0.3) is 0 Å². The minimum atomic E-state index is -4.43. The van der Waals surface area contributed by atoms with Crippen LogP contribution < -0.4 is 14.2 Å². The van der Waals surface area contributed by atoms with Gasteiger partial charge in [0, 0.05) is 18.8 Å². The Bertz CT molecular complexity index is 3110. The standard InChI is InChI=1S/C15H16O6S2.C14H14O6S2.C14H14O3S/c1-11-4-9-14(15(10-11)23(18,19)20-2)21-12-5-7-13(8-6-12)22(3,16)17;1-10-3-8-13(14(9-10)22(17,18)19)20-11-4-6-12(7-5-11)21(2,15)16;1-11-3-5-12(6-4-11)17-13-7-9-14(10-8-13)18(2,15)16/h4-10H,1-3H3;3-9H,1-2H3,(H,17,18,19);3-10H,1-2H3. The Labute approximate surface area is 368 Å². The summed E-state index contributed by atoms with van der Waals surface area (Å²) in [4.78, 5) is 0.128.